The van der Waals surface area contributed by atoms with Gasteiger partial charge in [-0.2, -0.15) is 0 Å². The molecule has 0 fully saturated rings. The van der Waals surface area contributed by atoms with Crippen LogP contribution in [0, 0.1) is 0 Å². The Morgan fingerprint density at radius 2 is 1.00 bits per heavy atom. The number of rotatable bonds is 2. The molecule has 0 aliphatic heterocycles. The lowest BCUT2D eigenvalue weighted by Gasteiger charge is -2.00. The molecule has 0 aliphatic rings. The fraction of sp³-hybridized carbons (Fsp3) is 1.00. The van der Waals surface area contributed by atoms with Crippen LogP contribution in [0.2, 0.25) is 0 Å². The average molecular weight is 152 g/mol. The van der Waals surface area contributed by atoms with Crippen molar-refractivity contribution >= 4 is 13.5 Å². The molecule has 0 rings (SSSR count). The third-order valence-electron chi connectivity index (χ3n) is 0.707. The zero-order valence-electron chi connectivity index (χ0n) is 6.65. The van der Waals surface area contributed by atoms with Crippen molar-refractivity contribution in [2.45, 2.75) is 26.7 Å². The van der Waals surface area contributed by atoms with Gasteiger partial charge in [-0.25, -0.2) is 0 Å². The van der Waals surface area contributed by atoms with Gasteiger partial charge in [0, 0.05) is 0 Å². The van der Waals surface area contributed by atoms with Crippen molar-refractivity contribution in [2.24, 2.45) is 0 Å². The minimum Gasteiger partial charge on any atom is -2.00 e. The molecule has 0 aromatic rings. The summed E-state index contributed by atoms with van der Waals surface area (Å²) in [6.07, 6.45) is 2.42. The lowest BCUT2D eigenvalue weighted by molar-refractivity contribution is -0.367. The van der Waals surface area contributed by atoms with Crippen LogP contribution in [0.3, 0.4) is 0 Å². The van der Waals surface area contributed by atoms with Gasteiger partial charge in [-0.15, -0.1) is 0 Å². The summed E-state index contributed by atoms with van der Waals surface area (Å²) in [6.45, 7) is 6.38. The fourth-order valence-electron chi connectivity index (χ4n) is 0. The Bertz CT molecular complexity index is 19.0. The van der Waals surface area contributed by atoms with Crippen LogP contribution in [-0.4, -0.2) is 13.1 Å². The summed E-state index contributed by atoms with van der Waals surface area (Å²) >= 11 is 0. The van der Waals surface area contributed by atoms with E-state index in [4.69, 9.17) is 0 Å². The summed E-state index contributed by atoms with van der Waals surface area (Å²) in [4.78, 5) is 0. The van der Waals surface area contributed by atoms with E-state index < -0.39 is 0 Å². The number of hydrogen-bond donors (Lipinski definition) is 2. The van der Waals surface area contributed by atoms with E-state index in [-0.39, 0.29) is 13.5 Å². The first-order valence-electron chi connectivity index (χ1n) is 3.41. The van der Waals surface area contributed by atoms with Gasteiger partial charge in [0.15, 0.2) is 0 Å². The van der Waals surface area contributed by atoms with Crippen LogP contribution < -0.4 is 11.5 Å². The van der Waals surface area contributed by atoms with Crippen molar-refractivity contribution < 1.29 is 11.5 Å². The molecule has 0 amide bonds. The molecular weight excluding hydrogens is 132 g/mol. The molecule has 0 aliphatic carbocycles. The summed E-state index contributed by atoms with van der Waals surface area (Å²) in [5, 5.41) is 0. The summed E-state index contributed by atoms with van der Waals surface area (Å²) in [5.74, 6) is 0. The standard InChI is InChI=1S/2C3H9N.S/c2*1-2-3-4;/h2*2-4H2,1H3;/q;;-2/p+2. The van der Waals surface area contributed by atoms with Crippen LogP contribution >= 0.6 is 0 Å². The second-order valence-electron chi connectivity index (χ2n) is 1.71. The van der Waals surface area contributed by atoms with Crippen LogP contribution in [0.25, 0.3) is 0 Å². The molecule has 0 heterocycles. The Hall–Kier alpha value is 0.270. The van der Waals surface area contributed by atoms with Crippen molar-refractivity contribution in [3.63, 3.8) is 0 Å². The molecule has 9 heavy (non-hydrogen) atoms. The van der Waals surface area contributed by atoms with E-state index >= 15 is 0 Å². The van der Waals surface area contributed by atoms with Crippen LogP contribution in [0.4, 0.5) is 0 Å². The molecule has 60 valence electrons. The highest BCUT2D eigenvalue weighted by Crippen LogP contribution is 1.55. The zero-order valence-corrected chi connectivity index (χ0v) is 7.47. The molecular formula is C6H20N2S. The lowest BCUT2D eigenvalue weighted by atomic mass is 10.5. The molecule has 0 atom stereocenters. The number of hydrogen-bond acceptors (Lipinski definition) is 0. The predicted molar refractivity (Wildman–Crippen MR) is 43.5 cm³/mol. The highest BCUT2D eigenvalue weighted by Gasteiger charge is 1.60. The Morgan fingerprint density at radius 1 is 0.889 bits per heavy atom. The van der Waals surface area contributed by atoms with Gasteiger partial charge in [-0.05, 0) is 12.8 Å². The van der Waals surface area contributed by atoms with Gasteiger partial charge < -0.3 is 25.0 Å². The molecule has 0 unspecified atom stereocenters. The van der Waals surface area contributed by atoms with Crippen LogP contribution in [0.15, 0.2) is 0 Å². The Labute approximate surface area is 65.4 Å². The van der Waals surface area contributed by atoms with Gasteiger partial charge in [0.2, 0.25) is 0 Å². The van der Waals surface area contributed by atoms with E-state index in [1.807, 2.05) is 0 Å². The van der Waals surface area contributed by atoms with Gasteiger partial charge in [0.1, 0.15) is 0 Å². The Balaban J connectivity index is -0.0000000720. The molecule has 0 aromatic carbocycles. The van der Waals surface area contributed by atoms with E-state index in [2.05, 4.69) is 25.3 Å². The van der Waals surface area contributed by atoms with E-state index in [1.165, 1.54) is 12.8 Å². The SMILES string of the molecule is CCC[NH3+].CCC[NH3+].[S-2]. The predicted octanol–water partition coefficient (Wildman–Crippen LogP) is -0.726. The van der Waals surface area contributed by atoms with Crippen molar-refractivity contribution in [1.29, 1.82) is 0 Å². The fourth-order valence-corrected chi connectivity index (χ4v) is 0. The smallest absolute Gasteiger partial charge is 0.0737 e. The first kappa shape index (κ1) is 16.1. The summed E-state index contributed by atoms with van der Waals surface area (Å²) < 4.78 is 0. The Kier molecular flexibility index (Phi) is 43.0. The van der Waals surface area contributed by atoms with Crippen LogP contribution in [-0.2, 0) is 13.5 Å². The van der Waals surface area contributed by atoms with Crippen LogP contribution in [0.1, 0.15) is 26.7 Å². The van der Waals surface area contributed by atoms with Gasteiger partial charge in [-0.1, -0.05) is 13.8 Å². The normalized spacial score (nSPS) is 6.67. The van der Waals surface area contributed by atoms with Gasteiger partial charge >= 0.3 is 0 Å². The molecule has 0 radical (unpaired) electrons. The maximum absolute atomic E-state index is 3.60. The van der Waals surface area contributed by atoms with E-state index in [9.17, 15) is 0 Å². The van der Waals surface area contributed by atoms with Gasteiger partial charge in [0.05, 0.1) is 13.1 Å². The molecule has 6 N–H and O–H groups in total. The summed E-state index contributed by atoms with van der Waals surface area (Å²) in [5.41, 5.74) is 7.21. The molecule has 0 bridgehead atoms. The van der Waals surface area contributed by atoms with Crippen molar-refractivity contribution in [2.75, 3.05) is 13.1 Å². The molecule has 3 heteroatoms. The third kappa shape index (κ3) is 63.1. The van der Waals surface area contributed by atoms with Crippen molar-refractivity contribution in [3.8, 4) is 0 Å². The summed E-state index contributed by atoms with van der Waals surface area (Å²) in [6, 6.07) is 0. The second-order valence-corrected chi connectivity index (χ2v) is 1.71. The molecule has 0 aromatic heterocycles. The quantitative estimate of drug-likeness (QED) is 0.524. The maximum atomic E-state index is 3.60. The molecule has 0 spiro atoms. The van der Waals surface area contributed by atoms with E-state index in [0.29, 0.717) is 0 Å². The molecule has 2 nitrogen and oxygen atoms in total. The first-order valence-corrected chi connectivity index (χ1v) is 3.41. The second kappa shape index (κ2) is 24.0. The largest absolute Gasteiger partial charge is 2.00 e. The van der Waals surface area contributed by atoms with Crippen molar-refractivity contribution in [1.82, 2.24) is 0 Å². The summed E-state index contributed by atoms with van der Waals surface area (Å²) in [7, 11) is 0. The molecule has 0 saturated heterocycles. The zero-order chi connectivity index (χ0) is 6.83. The van der Waals surface area contributed by atoms with E-state index in [0.717, 1.165) is 13.1 Å². The van der Waals surface area contributed by atoms with Gasteiger partial charge in [0.25, 0.3) is 0 Å². The lowest BCUT2D eigenvalue weighted by Crippen LogP contribution is -2.49. The van der Waals surface area contributed by atoms with Gasteiger partial charge in [-0.3, -0.25) is 0 Å². The van der Waals surface area contributed by atoms with Crippen LogP contribution in [0.5, 0.6) is 0 Å². The maximum Gasteiger partial charge on any atom is 0.0737 e. The number of quaternary nitrogens is 2. The topological polar surface area (TPSA) is 55.3 Å². The first-order chi connectivity index (χ1) is 3.83. The highest BCUT2D eigenvalue weighted by atomic mass is 32.1. The minimum atomic E-state index is 0. The highest BCUT2D eigenvalue weighted by molar-refractivity contribution is 7.37. The van der Waals surface area contributed by atoms with Crippen molar-refractivity contribution in [3.05, 3.63) is 0 Å². The third-order valence-corrected chi connectivity index (χ3v) is 0.707. The van der Waals surface area contributed by atoms with E-state index in [1.54, 1.807) is 0 Å². The monoisotopic (exact) mass is 152 g/mol. The molecule has 0 saturated carbocycles. The average Bonchev–Trinajstić information content (AvgIpc) is 1.88. The Morgan fingerprint density at radius 3 is 1.00 bits per heavy atom. The minimum absolute atomic E-state index is 0.